The second-order valence-corrected chi connectivity index (χ2v) is 7.41. The Morgan fingerprint density at radius 1 is 1.19 bits per heavy atom. The molecule has 0 fully saturated rings. The van der Waals surface area contributed by atoms with Gasteiger partial charge in [-0.15, -0.1) is 0 Å². The van der Waals surface area contributed by atoms with Crippen molar-refractivity contribution in [3.8, 4) is 17.2 Å². The van der Waals surface area contributed by atoms with E-state index in [1.165, 1.54) is 6.07 Å². The number of amides is 1. The summed E-state index contributed by atoms with van der Waals surface area (Å²) in [6, 6.07) is 4.73. The van der Waals surface area contributed by atoms with Crippen LogP contribution in [0.5, 0.6) is 17.2 Å². The van der Waals surface area contributed by atoms with Crippen LogP contribution in [0.1, 0.15) is 44.7 Å². The van der Waals surface area contributed by atoms with Gasteiger partial charge in [0.15, 0.2) is 0 Å². The monoisotopic (exact) mass is 373 g/mol. The molecule has 0 atom stereocenters. The number of rotatable bonds is 5. The van der Waals surface area contributed by atoms with Gasteiger partial charge in [0.05, 0.1) is 5.39 Å². The molecule has 0 unspecified atom stereocenters. The van der Waals surface area contributed by atoms with E-state index in [2.05, 4.69) is 5.32 Å². The maximum atomic E-state index is 11.6. The Bertz CT molecular complexity index is 865. The molecule has 0 aliphatic rings. The summed E-state index contributed by atoms with van der Waals surface area (Å²) >= 11 is 0. The number of ether oxygens (including phenoxy) is 1. The molecule has 0 saturated carbocycles. The van der Waals surface area contributed by atoms with E-state index >= 15 is 0 Å². The molecule has 0 heterocycles. The maximum Gasteiger partial charge on any atom is 0.407 e. The van der Waals surface area contributed by atoms with Gasteiger partial charge in [-0.25, -0.2) is 4.79 Å². The number of alkyl carbamates (subject to hydrolysis) is 1. The number of nitrogens with one attached hydrogen (secondary N) is 1. The fourth-order valence-electron chi connectivity index (χ4n) is 2.76. The number of carbonyl (C=O) groups is 1. The molecule has 2 aromatic carbocycles. The first-order valence-electron chi connectivity index (χ1n) is 8.91. The molecule has 6 heteroatoms. The molecule has 0 aromatic heterocycles. The molecule has 2 aromatic rings. The number of phenols is 3. The third kappa shape index (κ3) is 5.06. The molecule has 0 aliphatic carbocycles. The lowest BCUT2D eigenvalue weighted by molar-refractivity contribution is 0.0527. The summed E-state index contributed by atoms with van der Waals surface area (Å²) in [5.41, 5.74) is 0.471. The molecule has 0 radical (unpaired) electrons. The Balaban J connectivity index is 2.02. The van der Waals surface area contributed by atoms with Gasteiger partial charge in [0.25, 0.3) is 0 Å². The van der Waals surface area contributed by atoms with Gasteiger partial charge in [-0.1, -0.05) is 24.3 Å². The van der Waals surface area contributed by atoms with Crippen molar-refractivity contribution in [1.82, 2.24) is 5.32 Å². The highest BCUT2D eigenvalue weighted by molar-refractivity contribution is 6.01. The first-order valence-corrected chi connectivity index (χ1v) is 8.91. The first kappa shape index (κ1) is 20.4. The fourth-order valence-corrected chi connectivity index (χ4v) is 2.76. The lowest BCUT2D eigenvalue weighted by atomic mass is 9.97. The van der Waals surface area contributed by atoms with Crippen LogP contribution in [-0.2, 0) is 4.74 Å². The third-order valence-electron chi connectivity index (χ3n) is 4.05. The predicted octanol–water partition coefficient (Wildman–Crippen LogP) is 4.58. The molecule has 0 saturated heterocycles. The van der Waals surface area contributed by atoms with Crippen LogP contribution >= 0.6 is 0 Å². The third-order valence-corrected chi connectivity index (χ3v) is 4.05. The zero-order valence-corrected chi connectivity index (χ0v) is 16.2. The molecule has 2 rings (SSSR count). The molecular weight excluding hydrogens is 346 g/mol. The largest absolute Gasteiger partial charge is 0.507 e. The number of aromatic hydroxyl groups is 3. The van der Waals surface area contributed by atoms with Crippen molar-refractivity contribution >= 4 is 22.9 Å². The van der Waals surface area contributed by atoms with Crippen LogP contribution in [0.15, 0.2) is 24.3 Å². The van der Waals surface area contributed by atoms with E-state index in [-0.39, 0.29) is 22.6 Å². The summed E-state index contributed by atoms with van der Waals surface area (Å²) in [4.78, 5) is 11.6. The van der Waals surface area contributed by atoms with E-state index in [1.807, 2.05) is 6.08 Å². The van der Waals surface area contributed by atoms with Gasteiger partial charge in [-0.05, 0) is 46.6 Å². The standard InChI is InChI=1S/C21H27NO5/c1-13-14(9-6-5-7-12-22-20(26)27-21(2,3)4)19(25)17-15(18(13)24)10-8-11-16(17)23/h6,8-11,23-25H,5,7,12H2,1-4H3,(H,22,26)/b9-6+. The van der Waals surface area contributed by atoms with Crippen molar-refractivity contribution in [3.63, 3.8) is 0 Å². The number of allylic oxidation sites excluding steroid dienone is 1. The normalized spacial score (nSPS) is 11.9. The summed E-state index contributed by atoms with van der Waals surface area (Å²) in [5.74, 6) is -0.122. The van der Waals surface area contributed by atoms with E-state index in [1.54, 1.807) is 45.9 Å². The number of carbonyl (C=O) groups excluding carboxylic acids is 1. The average molecular weight is 373 g/mol. The molecule has 0 spiro atoms. The smallest absolute Gasteiger partial charge is 0.407 e. The van der Waals surface area contributed by atoms with Crippen molar-refractivity contribution in [2.45, 2.75) is 46.1 Å². The second-order valence-electron chi connectivity index (χ2n) is 7.41. The van der Waals surface area contributed by atoms with E-state index in [4.69, 9.17) is 4.74 Å². The first-order chi connectivity index (χ1) is 12.6. The van der Waals surface area contributed by atoms with Crippen molar-refractivity contribution in [2.75, 3.05) is 6.54 Å². The number of hydrogen-bond acceptors (Lipinski definition) is 5. The van der Waals surface area contributed by atoms with Crippen molar-refractivity contribution in [1.29, 1.82) is 0 Å². The Hall–Kier alpha value is -2.89. The molecule has 6 nitrogen and oxygen atoms in total. The Labute approximate surface area is 159 Å². The van der Waals surface area contributed by atoms with Crippen molar-refractivity contribution < 1.29 is 24.9 Å². The minimum Gasteiger partial charge on any atom is -0.507 e. The van der Waals surface area contributed by atoms with Crippen molar-refractivity contribution in [3.05, 3.63) is 35.4 Å². The topological polar surface area (TPSA) is 99.0 Å². The van der Waals surface area contributed by atoms with Crippen LogP contribution in [0.25, 0.3) is 16.8 Å². The van der Waals surface area contributed by atoms with E-state index in [0.29, 0.717) is 35.9 Å². The molecular formula is C21H27NO5. The van der Waals surface area contributed by atoms with E-state index < -0.39 is 11.7 Å². The lowest BCUT2D eigenvalue weighted by Gasteiger charge is -2.19. The van der Waals surface area contributed by atoms with Crippen LogP contribution in [-0.4, -0.2) is 33.6 Å². The van der Waals surface area contributed by atoms with Gasteiger partial charge in [0.2, 0.25) is 0 Å². The summed E-state index contributed by atoms with van der Waals surface area (Å²) < 4.78 is 5.16. The maximum absolute atomic E-state index is 11.6. The minimum atomic E-state index is -0.525. The Morgan fingerprint density at radius 3 is 2.56 bits per heavy atom. The Morgan fingerprint density at radius 2 is 1.89 bits per heavy atom. The van der Waals surface area contributed by atoms with Crippen LogP contribution in [0.2, 0.25) is 0 Å². The fraction of sp³-hybridized carbons (Fsp3) is 0.381. The van der Waals surface area contributed by atoms with Gasteiger partial charge in [-0.3, -0.25) is 0 Å². The highest BCUT2D eigenvalue weighted by Gasteiger charge is 2.17. The average Bonchev–Trinajstić information content (AvgIpc) is 2.56. The zero-order chi connectivity index (χ0) is 20.2. The summed E-state index contributed by atoms with van der Waals surface area (Å²) in [6.45, 7) is 7.60. The zero-order valence-electron chi connectivity index (χ0n) is 16.2. The van der Waals surface area contributed by atoms with E-state index in [0.717, 1.165) is 0 Å². The van der Waals surface area contributed by atoms with Crippen LogP contribution < -0.4 is 5.32 Å². The highest BCUT2D eigenvalue weighted by Crippen LogP contribution is 2.43. The van der Waals surface area contributed by atoms with Crippen LogP contribution in [0.3, 0.4) is 0 Å². The summed E-state index contributed by atoms with van der Waals surface area (Å²) in [6.07, 6.45) is 4.47. The predicted molar refractivity (Wildman–Crippen MR) is 106 cm³/mol. The van der Waals surface area contributed by atoms with Gasteiger partial charge in [0, 0.05) is 23.1 Å². The van der Waals surface area contributed by atoms with Gasteiger partial charge >= 0.3 is 6.09 Å². The van der Waals surface area contributed by atoms with Crippen LogP contribution in [0, 0.1) is 6.92 Å². The number of fused-ring (bicyclic) bond motifs is 1. The SMILES string of the molecule is Cc1c(/C=C/CCCNC(=O)OC(C)(C)C)c(O)c2c(O)cccc2c1O. The van der Waals surface area contributed by atoms with Crippen LogP contribution in [0.4, 0.5) is 4.79 Å². The van der Waals surface area contributed by atoms with E-state index in [9.17, 15) is 20.1 Å². The number of phenolic OH excluding ortho intramolecular Hbond substituents is 3. The molecule has 1 amide bonds. The summed E-state index contributed by atoms with van der Waals surface area (Å²) in [5, 5.41) is 34.2. The molecule has 146 valence electrons. The minimum absolute atomic E-state index is 0.0324. The van der Waals surface area contributed by atoms with Gasteiger partial charge in [-0.2, -0.15) is 0 Å². The molecule has 4 N–H and O–H groups in total. The molecule has 27 heavy (non-hydrogen) atoms. The van der Waals surface area contributed by atoms with Gasteiger partial charge < -0.3 is 25.4 Å². The molecule has 0 aliphatic heterocycles. The number of benzene rings is 2. The Kier molecular flexibility index (Phi) is 6.20. The summed E-state index contributed by atoms with van der Waals surface area (Å²) in [7, 11) is 0. The second kappa shape index (κ2) is 8.20. The highest BCUT2D eigenvalue weighted by atomic mass is 16.6. The quantitative estimate of drug-likeness (QED) is 0.454. The molecule has 0 bridgehead atoms. The lowest BCUT2D eigenvalue weighted by Crippen LogP contribution is -2.32. The van der Waals surface area contributed by atoms with Crippen molar-refractivity contribution in [2.24, 2.45) is 0 Å². The van der Waals surface area contributed by atoms with Gasteiger partial charge in [0.1, 0.15) is 22.8 Å². The number of hydrogen-bond donors (Lipinski definition) is 4. The number of unbranched alkanes of at least 4 members (excludes halogenated alkanes) is 1.